The maximum atomic E-state index is 14.0. The zero-order valence-electron chi connectivity index (χ0n) is 33.1. The topological polar surface area (TPSA) is 210 Å². The van der Waals surface area contributed by atoms with E-state index in [1.165, 1.54) is 4.68 Å². The summed E-state index contributed by atoms with van der Waals surface area (Å²) in [5, 5.41) is 18.6. The number of aromatic amines is 2. The Bertz CT molecular complexity index is 3030. The predicted octanol–water partition coefficient (Wildman–Crippen LogP) is 5.17. The first kappa shape index (κ1) is 39.1. The normalized spacial score (nSPS) is 14.0. The molecule has 0 saturated carbocycles. The summed E-state index contributed by atoms with van der Waals surface area (Å²) in [5.41, 5.74) is 5.82. The summed E-state index contributed by atoms with van der Waals surface area (Å²) in [6.07, 6.45) is 1.83. The highest BCUT2D eigenvalue weighted by atomic mass is 32.2. The van der Waals surface area contributed by atoms with Gasteiger partial charge in [-0.2, -0.15) is 0 Å². The van der Waals surface area contributed by atoms with Crippen LogP contribution in [0.1, 0.15) is 36.1 Å². The molecule has 2 amide bonds. The second kappa shape index (κ2) is 16.7. The number of benzene rings is 4. The van der Waals surface area contributed by atoms with Crippen molar-refractivity contribution in [2.45, 2.75) is 51.1 Å². The van der Waals surface area contributed by atoms with Crippen LogP contribution >= 0.6 is 11.8 Å². The fraction of sp³-hybridized carbons (Fsp3) is 0.233. The summed E-state index contributed by atoms with van der Waals surface area (Å²) in [6.45, 7) is 2.81. The molecule has 18 heteroatoms. The molecule has 0 spiro atoms. The van der Waals surface area contributed by atoms with E-state index >= 15 is 0 Å². The molecule has 1 fully saturated rings. The molecule has 4 aromatic carbocycles. The van der Waals surface area contributed by atoms with Crippen molar-refractivity contribution in [3.63, 3.8) is 0 Å². The number of aryl methyl sites for hydroxylation is 2. The van der Waals surface area contributed by atoms with E-state index in [4.69, 9.17) is 14.5 Å². The number of amides is 2. The van der Waals surface area contributed by atoms with E-state index in [0.29, 0.717) is 48.4 Å². The third-order valence-corrected chi connectivity index (χ3v) is 11.5. The van der Waals surface area contributed by atoms with E-state index in [-0.39, 0.29) is 47.5 Å². The van der Waals surface area contributed by atoms with Crippen molar-refractivity contribution in [1.82, 2.24) is 54.8 Å². The van der Waals surface area contributed by atoms with E-state index < -0.39 is 10.8 Å². The molecular formula is C43H39N11O6S. The molecule has 61 heavy (non-hydrogen) atoms. The van der Waals surface area contributed by atoms with Crippen molar-refractivity contribution >= 4 is 45.0 Å². The van der Waals surface area contributed by atoms with Gasteiger partial charge in [-0.25, -0.2) is 19.7 Å². The van der Waals surface area contributed by atoms with Crippen LogP contribution in [0.15, 0.2) is 101 Å². The number of carbonyl (C=O) groups excluding carboxylic acids is 2. The Morgan fingerprint density at radius 3 is 2.34 bits per heavy atom. The Morgan fingerprint density at radius 2 is 1.61 bits per heavy atom. The molecule has 17 nitrogen and oxygen atoms in total. The summed E-state index contributed by atoms with van der Waals surface area (Å²) in [4.78, 5) is 60.2. The second-order valence-electron chi connectivity index (χ2n) is 14.6. The fourth-order valence-electron chi connectivity index (χ4n) is 7.46. The highest BCUT2D eigenvalue weighted by Crippen LogP contribution is 2.30. The lowest BCUT2D eigenvalue weighted by atomic mass is 9.98. The van der Waals surface area contributed by atoms with Gasteiger partial charge in [-0.3, -0.25) is 29.6 Å². The molecule has 1 aliphatic heterocycles. The third-order valence-electron chi connectivity index (χ3n) is 10.6. The molecule has 1 aliphatic rings. The number of imidazole rings is 2. The summed E-state index contributed by atoms with van der Waals surface area (Å²) in [6, 6.07) is 28.9. The number of nitrogens with one attached hydrogen (secondary N) is 3. The number of tetrazole rings is 1. The number of imide groups is 1. The van der Waals surface area contributed by atoms with Gasteiger partial charge in [0.1, 0.15) is 41.9 Å². The minimum Gasteiger partial charge on any atom is -0.492 e. The average Bonchev–Trinajstić information content (AvgIpc) is 4.07. The van der Waals surface area contributed by atoms with Crippen molar-refractivity contribution in [3.8, 4) is 34.0 Å². The average molecular weight is 838 g/mol. The maximum absolute atomic E-state index is 14.0. The lowest BCUT2D eigenvalue weighted by Crippen LogP contribution is -2.32. The summed E-state index contributed by atoms with van der Waals surface area (Å²) in [5.74, 6) is 2.89. The molecule has 9 rings (SSSR count). The number of thioether (sulfide) groups is 1. The van der Waals surface area contributed by atoms with Gasteiger partial charge in [0.25, 0.3) is 16.4 Å². The van der Waals surface area contributed by atoms with Crippen LogP contribution in [0.3, 0.4) is 0 Å². The minimum absolute atomic E-state index is 0.0965. The maximum Gasteiger partial charge on any atom is 0.291 e. The number of fused-ring (bicyclic) bond motifs is 2. The van der Waals surface area contributed by atoms with Crippen LogP contribution in [-0.4, -0.2) is 72.5 Å². The lowest BCUT2D eigenvalue weighted by Gasteiger charge is -2.12. The Kier molecular flexibility index (Phi) is 10.7. The summed E-state index contributed by atoms with van der Waals surface area (Å²) < 4.78 is 17.2. The lowest BCUT2D eigenvalue weighted by molar-refractivity contribution is -0.118. The summed E-state index contributed by atoms with van der Waals surface area (Å²) >= 11 is 1.01. The number of aromatic nitrogens is 10. The molecule has 8 aromatic rings. The Hall–Kier alpha value is -7.34. The van der Waals surface area contributed by atoms with Crippen molar-refractivity contribution in [1.29, 1.82) is 0 Å². The highest BCUT2D eigenvalue weighted by molar-refractivity contribution is 8.15. The van der Waals surface area contributed by atoms with Crippen LogP contribution < -0.4 is 25.9 Å². The molecular weight excluding hydrogens is 799 g/mol. The van der Waals surface area contributed by atoms with E-state index in [1.807, 2.05) is 114 Å². The van der Waals surface area contributed by atoms with E-state index in [9.17, 15) is 19.2 Å². The van der Waals surface area contributed by atoms with Gasteiger partial charge in [0.05, 0.1) is 22.8 Å². The molecule has 0 aliphatic carbocycles. The number of H-pyrrole nitrogens is 2. The molecule has 1 atom stereocenters. The Morgan fingerprint density at radius 1 is 0.836 bits per heavy atom. The zero-order valence-corrected chi connectivity index (χ0v) is 33.9. The van der Waals surface area contributed by atoms with Crippen LogP contribution in [0.4, 0.5) is 4.79 Å². The molecule has 3 N–H and O–H groups in total. The Labute approximate surface area is 351 Å². The van der Waals surface area contributed by atoms with Gasteiger partial charge < -0.3 is 18.6 Å². The van der Waals surface area contributed by atoms with E-state index in [2.05, 4.69) is 36.0 Å². The molecule has 1 unspecified atom stereocenters. The van der Waals surface area contributed by atoms with Crippen molar-refractivity contribution in [2.24, 2.45) is 7.05 Å². The van der Waals surface area contributed by atoms with Gasteiger partial charge in [0.15, 0.2) is 11.3 Å². The van der Waals surface area contributed by atoms with Crippen LogP contribution in [0.25, 0.3) is 44.6 Å². The van der Waals surface area contributed by atoms with Crippen LogP contribution in [0.2, 0.25) is 0 Å². The molecule has 308 valence electrons. The first-order chi connectivity index (χ1) is 29.7. The molecule has 5 heterocycles. The first-order valence-corrected chi connectivity index (χ1v) is 20.6. The SMILES string of the molecule is CCCc1nc2c(=O)[nH]n(CCOc3ccc4nc(COc5ccc(CC6SC(=O)NC6=O)cc5)n(C)c4c3)c(=O)c2n1Cc1ccc(-c2ccccc2-c2nnn[nH]2)cc1. The van der Waals surface area contributed by atoms with Gasteiger partial charge in [0, 0.05) is 31.6 Å². The smallest absolute Gasteiger partial charge is 0.291 e. The number of hydrogen-bond donors (Lipinski definition) is 3. The van der Waals surface area contributed by atoms with Gasteiger partial charge in [-0.15, -0.1) is 5.10 Å². The van der Waals surface area contributed by atoms with Crippen LogP contribution in [0, 0.1) is 0 Å². The molecule has 0 bridgehead atoms. The van der Waals surface area contributed by atoms with E-state index in [1.54, 1.807) is 0 Å². The van der Waals surface area contributed by atoms with Gasteiger partial charge >= 0.3 is 0 Å². The number of ether oxygens (including phenoxy) is 2. The number of hydrogen-bond acceptors (Lipinski definition) is 12. The predicted molar refractivity (Wildman–Crippen MR) is 228 cm³/mol. The second-order valence-corrected chi connectivity index (χ2v) is 15.7. The largest absolute Gasteiger partial charge is 0.492 e. The quantitative estimate of drug-likeness (QED) is 0.122. The highest BCUT2D eigenvalue weighted by Gasteiger charge is 2.31. The van der Waals surface area contributed by atoms with Crippen LogP contribution in [0.5, 0.6) is 11.5 Å². The van der Waals surface area contributed by atoms with Crippen molar-refractivity contribution in [3.05, 3.63) is 134 Å². The number of rotatable bonds is 15. The van der Waals surface area contributed by atoms with Crippen LogP contribution in [-0.2, 0) is 44.4 Å². The monoisotopic (exact) mass is 837 g/mol. The Balaban J connectivity index is 0.875. The first-order valence-electron chi connectivity index (χ1n) is 19.7. The zero-order chi connectivity index (χ0) is 42.0. The van der Waals surface area contributed by atoms with Crippen molar-refractivity contribution < 1.29 is 19.1 Å². The van der Waals surface area contributed by atoms with Gasteiger partial charge in [-0.05, 0) is 69.8 Å². The number of carbonyl (C=O) groups is 2. The number of nitrogens with zero attached hydrogens (tertiary/aromatic N) is 8. The molecule has 0 radical (unpaired) electrons. The summed E-state index contributed by atoms with van der Waals surface area (Å²) in [7, 11) is 1.90. The van der Waals surface area contributed by atoms with Gasteiger partial charge in [0.2, 0.25) is 5.91 Å². The molecule has 1 saturated heterocycles. The third kappa shape index (κ3) is 8.04. The minimum atomic E-state index is -0.448. The molecule has 4 aromatic heterocycles. The van der Waals surface area contributed by atoms with Crippen molar-refractivity contribution in [2.75, 3.05) is 6.61 Å². The standard InChI is InChI=1S/C43H39N11O6S/c1-3-6-35-45-37-38(53(35)23-26-9-13-27(14-10-26)30-7-4-5-8-31(30)39-47-50-51-48-39)42(57)54(49-41(37)56)19-20-59-29-17-18-32-33(22-29)52(2)36(44-32)24-60-28-15-11-25(12-16-28)21-34-40(55)46-43(58)61-34/h4-5,7-18,22,34H,3,6,19-21,23-24H2,1-2H3,(H,49,56)(H,46,55,58)(H,47,48,50,51). The van der Waals surface area contributed by atoms with Gasteiger partial charge in [-0.1, -0.05) is 79.3 Å². The fourth-order valence-corrected chi connectivity index (χ4v) is 8.32. The van der Waals surface area contributed by atoms with E-state index in [0.717, 1.165) is 57.0 Å².